The van der Waals surface area contributed by atoms with E-state index in [1.807, 2.05) is 32.0 Å². The third-order valence-corrected chi connectivity index (χ3v) is 3.33. The van der Waals surface area contributed by atoms with E-state index in [2.05, 4.69) is 24.4 Å². The van der Waals surface area contributed by atoms with Gasteiger partial charge < -0.3 is 14.5 Å². The monoisotopic (exact) mass is 273 g/mol. The van der Waals surface area contributed by atoms with Crippen LogP contribution in [0.3, 0.4) is 0 Å². The Hall–Kier alpha value is -1.74. The van der Waals surface area contributed by atoms with E-state index in [-0.39, 0.29) is 6.04 Å². The van der Waals surface area contributed by atoms with E-state index >= 15 is 0 Å². The molecule has 0 bridgehead atoms. The van der Waals surface area contributed by atoms with Gasteiger partial charge in [0, 0.05) is 5.56 Å². The van der Waals surface area contributed by atoms with Crippen LogP contribution in [0, 0.1) is 6.92 Å². The van der Waals surface area contributed by atoms with Gasteiger partial charge in [0.25, 0.3) is 0 Å². The average molecular weight is 273 g/mol. The van der Waals surface area contributed by atoms with E-state index in [0.29, 0.717) is 6.61 Å². The van der Waals surface area contributed by atoms with Crippen molar-refractivity contribution in [2.75, 3.05) is 13.2 Å². The summed E-state index contributed by atoms with van der Waals surface area (Å²) >= 11 is 0. The van der Waals surface area contributed by atoms with Crippen LogP contribution in [-0.4, -0.2) is 13.2 Å². The summed E-state index contributed by atoms with van der Waals surface area (Å²) < 4.78 is 10.9. The van der Waals surface area contributed by atoms with Crippen molar-refractivity contribution >= 4 is 0 Å². The second-order valence-electron chi connectivity index (χ2n) is 4.82. The minimum absolute atomic E-state index is 0.171. The summed E-state index contributed by atoms with van der Waals surface area (Å²) in [6.45, 7) is 7.84. The van der Waals surface area contributed by atoms with Crippen LogP contribution in [0.1, 0.15) is 43.2 Å². The number of ether oxygens (including phenoxy) is 1. The molecule has 2 aromatic rings. The minimum atomic E-state index is 0.171. The molecule has 0 aliphatic heterocycles. The predicted molar refractivity (Wildman–Crippen MR) is 81.2 cm³/mol. The highest BCUT2D eigenvalue weighted by atomic mass is 16.5. The molecule has 108 valence electrons. The van der Waals surface area contributed by atoms with Crippen molar-refractivity contribution in [2.45, 2.75) is 33.2 Å². The lowest BCUT2D eigenvalue weighted by Crippen LogP contribution is -2.23. The molecule has 1 heterocycles. The highest BCUT2D eigenvalue weighted by Crippen LogP contribution is 2.27. The van der Waals surface area contributed by atoms with E-state index in [4.69, 9.17) is 9.15 Å². The highest BCUT2D eigenvalue weighted by molar-refractivity contribution is 5.36. The van der Waals surface area contributed by atoms with Crippen molar-refractivity contribution < 1.29 is 9.15 Å². The third-order valence-electron chi connectivity index (χ3n) is 3.33. The molecule has 0 spiro atoms. The first kappa shape index (κ1) is 14.7. The van der Waals surface area contributed by atoms with Crippen LogP contribution in [0.15, 0.2) is 41.0 Å². The van der Waals surface area contributed by atoms with Gasteiger partial charge >= 0.3 is 0 Å². The molecular weight excluding hydrogens is 250 g/mol. The smallest absolute Gasteiger partial charge is 0.119 e. The molecule has 1 unspecified atom stereocenters. The molecule has 20 heavy (non-hydrogen) atoms. The second kappa shape index (κ2) is 7.15. The predicted octanol–water partition coefficient (Wildman–Crippen LogP) is 4.08. The van der Waals surface area contributed by atoms with Crippen molar-refractivity contribution in [3.8, 4) is 5.75 Å². The van der Waals surface area contributed by atoms with Crippen LogP contribution in [0.2, 0.25) is 0 Å². The molecule has 0 aliphatic rings. The van der Waals surface area contributed by atoms with Gasteiger partial charge in [0.15, 0.2) is 0 Å². The van der Waals surface area contributed by atoms with Gasteiger partial charge in [-0.05, 0) is 50.6 Å². The number of hydrogen-bond acceptors (Lipinski definition) is 3. The quantitative estimate of drug-likeness (QED) is 0.825. The molecule has 1 N–H and O–H groups in total. The van der Waals surface area contributed by atoms with Gasteiger partial charge in [-0.25, -0.2) is 0 Å². The number of hydrogen-bond donors (Lipinski definition) is 1. The highest BCUT2D eigenvalue weighted by Gasteiger charge is 2.17. The van der Waals surface area contributed by atoms with Gasteiger partial charge in [-0.2, -0.15) is 0 Å². The zero-order chi connectivity index (χ0) is 14.4. The molecule has 1 aromatic heterocycles. The van der Waals surface area contributed by atoms with E-state index < -0.39 is 0 Å². The summed E-state index contributed by atoms with van der Waals surface area (Å²) in [6, 6.07) is 10.5. The molecule has 3 nitrogen and oxygen atoms in total. The van der Waals surface area contributed by atoms with Gasteiger partial charge in [0.1, 0.15) is 11.5 Å². The molecule has 0 radical (unpaired) electrons. The summed E-state index contributed by atoms with van der Waals surface area (Å²) in [6.07, 6.45) is 2.85. The maximum absolute atomic E-state index is 5.50. The summed E-state index contributed by atoms with van der Waals surface area (Å²) in [4.78, 5) is 0. The number of nitrogens with one attached hydrogen (secondary N) is 1. The van der Waals surface area contributed by atoms with E-state index in [9.17, 15) is 0 Å². The molecule has 0 fully saturated rings. The maximum Gasteiger partial charge on any atom is 0.119 e. The molecule has 3 heteroatoms. The fourth-order valence-electron chi connectivity index (χ4n) is 2.31. The van der Waals surface area contributed by atoms with Crippen LogP contribution >= 0.6 is 0 Å². The van der Waals surface area contributed by atoms with Gasteiger partial charge in [0.05, 0.1) is 18.9 Å². The normalized spacial score (nSPS) is 12.3. The molecule has 0 saturated heterocycles. The van der Waals surface area contributed by atoms with Crippen molar-refractivity contribution in [1.82, 2.24) is 5.32 Å². The molecule has 0 saturated carbocycles. The Morgan fingerprint density at radius 2 is 1.90 bits per heavy atom. The molecule has 2 rings (SSSR count). The van der Waals surface area contributed by atoms with Crippen molar-refractivity contribution in [3.63, 3.8) is 0 Å². The van der Waals surface area contributed by atoms with Crippen LogP contribution in [0.25, 0.3) is 0 Å². The summed E-state index contributed by atoms with van der Waals surface area (Å²) in [5, 5.41) is 3.58. The van der Waals surface area contributed by atoms with Crippen molar-refractivity contribution in [3.05, 3.63) is 53.5 Å². The first-order chi connectivity index (χ1) is 9.76. The summed E-state index contributed by atoms with van der Waals surface area (Å²) in [5.74, 6) is 1.88. The summed E-state index contributed by atoms with van der Waals surface area (Å²) in [7, 11) is 0. The standard InChI is InChI=1S/C17H23NO2/c1-4-11-18-17(16-10-12-20-13(16)3)14-6-8-15(9-7-14)19-5-2/h6-10,12,17-18H,4-5,11H2,1-3H3. The first-order valence-electron chi connectivity index (χ1n) is 7.26. The van der Waals surface area contributed by atoms with Gasteiger partial charge in [-0.3, -0.25) is 0 Å². The van der Waals surface area contributed by atoms with Crippen molar-refractivity contribution in [2.24, 2.45) is 0 Å². The molecule has 1 aromatic carbocycles. The minimum Gasteiger partial charge on any atom is -0.494 e. The fraction of sp³-hybridized carbons (Fsp3) is 0.412. The zero-order valence-corrected chi connectivity index (χ0v) is 12.5. The number of furan rings is 1. The molecule has 0 aliphatic carbocycles. The maximum atomic E-state index is 5.50. The average Bonchev–Trinajstić information content (AvgIpc) is 2.88. The van der Waals surface area contributed by atoms with Crippen LogP contribution in [0.4, 0.5) is 0 Å². The topological polar surface area (TPSA) is 34.4 Å². The lowest BCUT2D eigenvalue weighted by atomic mass is 9.99. The first-order valence-corrected chi connectivity index (χ1v) is 7.26. The Labute approximate surface area is 121 Å². The Bertz CT molecular complexity index is 516. The third kappa shape index (κ3) is 3.42. The second-order valence-corrected chi connectivity index (χ2v) is 4.82. The largest absolute Gasteiger partial charge is 0.494 e. The SMILES string of the molecule is CCCNC(c1ccc(OCC)cc1)c1ccoc1C. The lowest BCUT2D eigenvalue weighted by molar-refractivity contribution is 0.340. The fourth-order valence-corrected chi connectivity index (χ4v) is 2.31. The summed E-state index contributed by atoms with van der Waals surface area (Å²) in [5.41, 5.74) is 2.43. The lowest BCUT2D eigenvalue weighted by Gasteiger charge is -2.19. The number of aryl methyl sites for hydroxylation is 1. The Balaban J connectivity index is 2.24. The van der Waals surface area contributed by atoms with E-state index in [1.165, 1.54) is 11.1 Å². The zero-order valence-electron chi connectivity index (χ0n) is 12.5. The van der Waals surface area contributed by atoms with Gasteiger partial charge in [-0.1, -0.05) is 19.1 Å². The molecular formula is C17H23NO2. The van der Waals surface area contributed by atoms with E-state index in [1.54, 1.807) is 6.26 Å². The Morgan fingerprint density at radius 1 is 1.15 bits per heavy atom. The van der Waals surface area contributed by atoms with E-state index in [0.717, 1.165) is 24.5 Å². The van der Waals surface area contributed by atoms with Crippen LogP contribution < -0.4 is 10.1 Å². The molecule has 0 amide bonds. The van der Waals surface area contributed by atoms with Crippen molar-refractivity contribution in [1.29, 1.82) is 0 Å². The van der Waals surface area contributed by atoms with Gasteiger partial charge in [0.2, 0.25) is 0 Å². The number of rotatable bonds is 7. The molecule has 1 atom stereocenters. The van der Waals surface area contributed by atoms with Crippen LogP contribution in [-0.2, 0) is 0 Å². The Morgan fingerprint density at radius 3 is 2.45 bits per heavy atom. The van der Waals surface area contributed by atoms with Gasteiger partial charge in [-0.15, -0.1) is 0 Å². The van der Waals surface area contributed by atoms with Crippen LogP contribution in [0.5, 0.6) is 5.75 Å². The number of benzene rings is 1. The Kier molecular flexibility index (Phi) is 5.24.